The third-order valence-corrected chi connectivity index (χ3v) is 1.82. The second-order valence-electron chi connectivity index (χ2n) is 2.73. The largest absolute Gasteiger partial charge is 0.469 e. The molecule has 82 valence electrons. The summed E-state index contributed by atoms with van der Waals surface area (Å²) < 4.78 is 9.19. The lowest BCUT2D eigenvalue weighted by atomic mass is 10.3. The zero-order valence-electron chi connectivity index (χ0n) is 8.91. The van der Waals surface area contributed by atoms with Gasteiger partial charge in [-0.2, -0.15) is 0 Å². The Morgan fingerprint density at radius 2 is 1.93 bits per heavy atom. The van der Waals surface area contributed by atoms with Crippen molar-refractivity contribution in [3.05, 3.63) is 0 Å². The molecule has 0 fully saturated rings. The number of ether oxygens (including phenoxy) is 2. The Balaban J connectivity index is 3.90. The van der Waals surface area contributed by atoms with E-state index in [-0.39, 0.29) is 24.9 Å². The summed E-state index contributed by atoms with van der Waals surface area (Å²) in [6.07, 6.45) is 0.222. The molecular formula is C9H17NO4. The molecule has 0 atom stereocenters. The lowest BCUT2D eigenvalue weighted by molar-refractivity contribution is -0.142. The number of carbonyl (C=O) groups is 2. The minimum absolute atomic E-state index is 0.0506. The van der Waals surface area contributed by atoms with Gasteiger partial charge in [-0.25, -0.2) is 0 Å². The number of methoxy groups -OCH3 is 2. The molecular weight excluding hydrogens is 186 g/mol. The Bertz CT molecular complexity index is 193. The van der Waals surface area contributed by atoms with Crippen LogP contribution < -0.4 is 0 Å². The van der Waals surface area contributed by atoms with Crippen molar-refractivity contribution >= 4 is 11.9 Å². The van der Waals surface area contributed by atoms with Crippen molar-refractivity contribution in [2.45, 2.75) is 13.3 Å². The van der Waals surface area contributed by atoms with Crippen LogP contribution in [0.15, 0.2) is 0 Å². The molecule has 0 aliphatic rings. The van der Waals surface area contributed by atoms with Crippen molar-refractivity contribution in [2.24, 2.45) is 0 Å². The zero-order chi connectivity index (χ0) is 11.0. The fraction of sp³-hybridized carbons (Fsp3) is 0.778. The fourth-order valence-electron chi connectivity index (χ4n) is 1.00. The third-order valence-electron chi connectivity index (χ3n) is 1.82. The van der Waals surface area contributed by atoms with E-state index < -0.39 is 0 Å². The summed E-state index contributed by atoms with van der Waals surface area (Å²) in [5.74, 6) is -0.424. The van der Waals surface area contributed by atoms with Crippen LogP contribution in [-0.4, -0.2) is 50.7 Å². The molecule has 0 aromatic rings. The SMILES string of the molecule is CCN(CCC(=O)OC)C(=O)COC. The molecule has 0 radical (unpaired) electrons. The number of hydrogen-bond acceptors (Lipinski definition) is 4. The van der Waals surface area contributed by atoms with Crippen molar-refractivity contribution in [3.63, 3.8) is 0 Å². The first-order valence-electron chi connectivity index (χ1n) is 4.49. The van der Waals surface area contributed by atoms with Crippen LogP contribution in [0.3, 0.4) is 0 Å². The summed E-state index contributed by atoms with van der Waals surface area (Å²) in [5.41, 5.74) is 0. The predicted octanol–water partition coefficient (Wildman–Crippen LogP) is 0.0444. The molecule has 0 N–H and O–H groups in total. The number of esters is 1. The molecule has 0 aliphatic carbocycles. The molecule has 5 heteroatoms. The number of amides is 1. The monoisotopic (exact) mass is 203 g/mol. The summed E-state index contributed by atoms with van der Waals surface area (Å²) in [4.78, 5) is 23.7. The molecule has 14 heavy (non-hydrogen) atoms. The Morgan fingerprint density at radius 3 is 2.36 bits per heavy atom. The van der Waals surface area contributed by atoms with E-state index in [4.69, 9.17) is 4.74 Å². The molecule has 0 unspecified atom stereocenters. The molecule has 0 saturated heterocycles. The highest BCUT2D eigenvalue weighted by Crippen LogP contribution is 1.94. The van der Waals surface area contributed by atoms with Gasteiger partial charge in [-0.1, -0.05) is 0 Å². The van der Waals surface area contributed by atoms with Crippen LogP contribution in [0, 0.1) is 0 Å². The molecule has 0 saturated carbocycles. The van der Waals surface area contributed by atoms with Gasteiger partial charge >= 0.3 is 5.97 Å². The molecule has 1 amide bonds. The van der Waals surface area contributed by atoms with Crippen LogP contribution in [0.25, 0.3) is 0 Å². The fourth-order valence-corrected chi connectivity index (χ4v) is 1.00. The Kier molecular flexibility index (Phi) is 6.74. The van der Waals surface area contributed by atoms with Gasteiger partial charge in [-0.15, -0.1) is 0 Å². The maximum atomic E-state index is 11.3. The van der Waals surface area contributed by atoms with E-state index in [2.05, 4.69) is 4.74 Å². The zero-order valence-corrected chi connectivity index (χ0v) is 8.91. The van der Waals surface area contributed by atoms with Gasteiger partial charge in [-0.3, -0.25) is 9.59 Å². The third kappa shape index (κ3) is 4.81. The van der Waals surface area contributed by atoms with Gasteiger partial charge < -0.3 is 14.4 Å². The average molecular weight is 203 g/mol. The van der Waals surface area contributed by atoms with Crippen molar-refractivity contribution in [1.82, 2.24) is 4.90 Å². The van der Waals surface area contributed by atoms with E-state index in [0.29, 0.717) is 13.1 Å². The van der Waals surface area contributed by atoms with Gasteiger partial charge in [0.1, 0.15) is 6.61 Å². The first kappa shape index (κ1) is 12.9. The molecule has 0 bridgehead atoms. The van der Waals surface area contributed by atoms with Gasteiger partial charge in [0, 0.05) is 20.2 Å². The predicted molar refractivity (Wildman–Crippen MR) is 50.8 cm³/mol. The normalized spacial score (nSPS) is 9.64. The molecule has 5 nitrogen and oxygen atoms in total. The average Bonchev–Trinajstić information content (AvgIpc) is 2.18. The van der Waals surface area contributed by atoms with E-state index >= 15 is 0 Å². The lowest BCUT2D eigenvalue weighted by Crippen LogP contribution is -2.35. The summed E-state index contributed by atoms with van der Waals surface area (Å²) in [5, 5.41) is 0. The van der Waals surface area contributed by atoms with E-state index in [0.717, 1.165) is 0 Å². The first-order valence-corrected chi connectivity index (χ1v) is 4.49. The Morgan fingerprint density at radius 1 is 1.29 bits per heavy atom. The van der Waals surface area contributed by atoms with Crippen LogP contribution in [-0.2, 0) is 19.1 Å². The van der Waals surface area contributed by atoms with Crippen LogP contribution in [0.2, 0.25) is 0 Å². The summed E-state index contributed by atoms with van der Waals surface area (Å²) in [6, 6.07) is 0. The highest BCUT2D eigenvalue weighted by molar-refractivity contribution is 5.78. The van der Waals surface area contributed by atoms with Crippen LogP contribution in [0.5, 0.6) is 0 Å². The minimum Gasteiger partial charge on any atom is -0.469 e. The second kappa shape index (κ2) is 7.32. The topological polar surface area (TPSA) is 55.8 Å². The molecule has 0 aromatic carbocycles. The number of hydrogen-bond donors (Lipinski definition) is 0. The maximum absolute atomic E-state index is 11.3. The molecule has 0 aliphatic heterocycles. The maximum Gasteiger partial charge on any atom is 0.307 e. The number of nitrogens with zero attached hydrogens (tertiary/aromatic N) is 1. The Labute approximate surface area is 84.0 Å². The smallest absolute Gasteiger partial charge is 0.307 e. The first-order chi connectivity index (χ1) is 6.65. The van der Waals surface area contributed by atoms with Crippen molar-refractivity contribution < 1.29 is 19.1 Å². The van der Waals surface area contributed by atoms with Crippen LogP contribution in [0.1, 0.15) is 13.3 Å². The summed E-state index contributed by atoms with van der Waals surface area (Å²) >= 11 is 0. The molecule has 0 aromatic heterocycles. The summed E-state index contributed by atoms with van der Waals surface area (Å²) in [6.45, 7) is 2.85. The molecule has 0 spiro atoms. The quantitative estimate of drug-likeness (QED) is 0.572. The van der Waals surface area contributed by atoms with Crippen molar-refractivity contribution in [3.8, 4) is 0 Å². The second-order valence-corrected chi connectivity index (χ2v) is 2.73. The van der Waals surface area contributed by atoms with Crippen LogP contribution in [0.4, 0.5) is 0 Å². The minimum atomic E-state index is -0.311. The van der Waals surface area contributed by atoms with Crippen molar-refractivity contribution in [1.29, 1.82) is 0 Å². The van der Waals surface area contributed by atoms with E-state index in [1.807, 2.05) is 6.92 Å². The Hall–Kier alpha value is -1.10. The number of likely N-dealkylation sites (N-methyl/N-ethyl adjacent to an activating group) is 1. The van der Waals surface area contributed by atoms with Crippen LogP contribution >= 0.6 is 0 Å². The van der Waals surface area contributed by atoms with E-state index in [9.17, 15) is 9.59 Å². The van der Waals surface area contributed by atoms with Crippen molar-refractivity contribution in [2.75, 3.05) is 33.9 Å². The standard InChI is InChI=1S/C9H17NO4/c1-4-10(8(11)7-13-2)6-5-9(12)14-3/h4-7H2,1-3H3. The van der Waals surface area contributed by atoms with E-state index in [1.54, 1.807) is 4.90 Å². The van der Waals surface area contributed by atoms with Gasteiger partial charge in [-0.05, 0) is 6.92 Å². The number of carbonyl (C=O) groups excluding carboxylic acids is 2. The van der Waals surface area contributed by atoms with Gasteiger partial charge in [0.05, 0.1) is 13.5 Å². The highest BCUT2D eigenvalue weighted by Gasteiger charge is 2.12. The number of rotatable bonds is 6. The van der Waals surface area contributed by atoms with E-state index in [1.165, 1.54) is 14.2 Å². The van der Waals surface area contributed by atoms with Gasteiger partial charge in [0.25, 0.3) is 0 Å². The summed E-state index contributed by atoms with van der Waals surface area (Å²) in [7, 11) is 2.79. The van der Waals surface area contributed by atoms with Gasteiger partial charge in [0.15, 0.2) is 0 Å². The lowest BCUT2D eigenvalue weighted by Gasteiger charge is -2.19. The van der Waals surface area contributed by atoms with Gasteiger partial charge in [0.2, 0.25) is 5.91 Å². The molecule has 0 rings (SSSR count). The molecule has 0 heterocycles. The highest BCUT2D eigenvalue weighted by atomic mass is 16.5.